The molecule has 0 aliphatic carbocycles. The first-order valence-electron chi connectivity index (χ1n) is 5.17. The molecular formula is C11H9ClFN3O2. The first-order chi connectivity index (χ1) is 8.54. The van der Waals surface area contributed by atoms with E-state index in [-0.39, 0.29) is 35.2 Å². The van der Waals surface area contributed by atoms with Gasteiger partial charge in [-0.15, -0.1) is 0 Å². The number of hydrazone groups is 1. The summed E-state index contributed by atoms with van der Waals surface area (Å²) in [5.41, 5.74) is 2.64. The summed E-state index contributed by atoms with van der Waals surface area (Å²) < 4.78 is 13.0. The number of hydrogen-bond acceptors (Lipinski definition) is 3. The largest absolute Gasteiger partial charge is 0.321 e. The van der Waals surface area contributed by atoms with Gasteiger partial charge in [0.15, 0.2) is 0 Å². The first kappa shape index (κ1) is 12.5. The quantitative estimate of drug-likeness (QED) is 0.858. The van der Waals surface area contributed by atoms with Crippen LogP contribution in [0.4, 0.5) is 10.1 Å². The van der Waals surface area contributed by atoms with Gasteiger partial charge in [-0.3, -0.25) is 9.59 Å². The molecule has 7 heteroatoms. The lowest BCUT2D eigenvalue weighted by atomic mass is 10.1. The standard InChI is InChI=1S/C11H9ClFN3O2/c12-6-3-7(13)5-8(4-6)14-11(18)9-1-2-10(17)16-15-9/h3-5H,1-2H2,(H,14,18)(H,16,17). The SMILES string of the molecule is O=C1CCC(C(=O)Nc2cc(F)cc(Cl)c2)=NN1. The van der Waals surface area contributed by atoms with Crippen molar-refractivity contribution in [2.24, 2.45) is 5.10 Å². The molecule has 0 radical (unpaired) electrons. The molecule has 1 aromatic carbocycles. The van der Waals surface area contributed by atoms with Crippen molar-refractivity contribution in [3.63, 3.8) is 0 Å². The van der Waals surface area contributed by atoms with E-state index < -0.39 is 11.7 Å². The van der Waals surface area contributed by atoms with Crippen LogP contribution in [0.5, 0.6) is 0 Å². The summed E-state index contributed by atoms with van der Waals surface area (Å²) >= 11 is 5.66. The molecule has 2 N–H and O–H groups in total. The Labute approximate surface area is 107 Å². The number of nitrogens with one attached hydrogen (secondary N) is 2. The van der Waals surface area contributed by atoms with E-state index in [0.29, 0.717) is 0 Å². The number of nitrogens with zero attached hydrogens (tertiary/aromatic N) is 1. The molecule has 0 aromatic heterocycles. The van der Waals surface area contributed by atoms with Gasteiger partial charge in [-0.1, -0.05) is 11.6 Å². The van der Waals surface area contributed by atoms with Crippen molar-refractivity contribution in [3.05, 3.63) is 29.0 Å². The second-order valence-electron chi connectivity index (χ2n) is 3.71. The summed E-state index contributed by atoms with van der Waals surface area (Å²) in [6.07, 6.45) is 0.455. The number of benzene rings is 1. The molecule has 2 amide bonds. The number of rotatable bonds is 2. The van der Waals surface area contributed by atoms with Gasteiger partial charge in [0.25, 0.3) is 5.91 Å². The molecule has 5 nitrogen and oxygen atoms in total. The monoisotopic (exact) mass is 269 g/mol. The molecule has 1 aliphatic heterocycles. The molecule has 0 saturated carbocycles. The van der Waals surface area contributed by atoms with Crippen LogP contribution in [0.15, 0.2) is 23.3 Å². The Hall–Kier alpha value is -1.95. The number of amides is 2. The van der Waals surface area contributed by atoms with E-state index in [1.54, 1.807) is 0 Å². The maximum atomic E-state index is 13.0. The molecule has 0 fully saturated rings. The van der Waals surface area contributed by atoms with E-state index >= 15 is 0 Å². The van der Waals surface area contributed by atoms with Crippen LogP contribution < -0.4 is 10.7 Å². The minimum Gasteiger partial charge on any atom is -0.321 e. The minimum atomic E-state index is -0.545. The molecule has 0 atom stereocenters. The van der Waals surface area contributed by atoms with Gasteiger partial charge in [-0.25, -0.2) is 9.82 Å². The van der Waals surface area contributed by atoms with Gasteiger partial charge in [-0.05, 0) is 18.2 Å². The van der Waals surface area contributed by atoms with Crippen molar-refractivity contribution >= 4 is 34.8 Å². The minimum absolute atomic E-state index is 0.184. The summed E-state index contributed by atoms with van der Waals surface area (Å²) in [4.78, 5) is 22.6. The van der Waals surface area contributed by atoms with E-state index in [1.807, 2.05) is 0 Å². The van der Waals surface area contributed by atoms with Crippen LogP contribution in [0, 0.1) is 5.82 Å². The van der Waals surface area contributed by atoms with E-state index in [4.69, 9.17) is 11.6 Å². The van der Waals surface area contributed by atoms with E-state index in [0.717, 1.165) is 12.1 Å². The third kappa shape index (κ3) is 3.04. The Morgan fingerprint density at radius 2 is 2.17 bits per heavy atom. The highest BCUT2D eigenvalue weighted by molar-refractivity contribution is 6.43. The Bertz CT molecular complexity index is 525. The van der Waals surface area contributed by atoms with E-state index in [1.165, 1.54) is 6.07 Å². The van der Waals surface area contributed by atoms with Crippen LogP contribution in [0.2, 0.25) is 5.02 Å². The molecule has 94 valence electrons. The van der Waals surface area contributed by atoms with Crippen molar-refractivity contribution < 1.29 is 14.0 Å². The molecule has 1 aliphatic rings. The Morgan fingerprint density at radius 1 is 1.39 bits per heavy atom. The highest BCUT2D eigenvalue weighted by Crippen LogP contribution is 2.18. The van der Waals surface area contributed by atoms with Crippen LogP contribution in [0.25, 0.3) is 0 Å². The smallest absolute Gasteiger partial charge is 0.271 e. The van der Waals surface area contributed by atoms with Crippen molar-refractivity contribution in [2.45, 2.75) is 12.8 Å². The number of carbonyl (C=O) groups is 2. The molecule has 18 heavy (non-hydrogen) atoms. The highest BCUT2D eigenvalue weighted by Gasteiger charge is 2.18. The van der Waals surface area contributed by atoms with Gasteiger partial charge in [0.2, 0.25) is 5.91 Å². The maximum absolute atomic E-state index is 13.0. The fourth-order valence-corrected chi connectivity index (χ4v) is 1.69. The number of carbonyl (C=O) groups excluding carboxylic acids is 2. The van der Waals surface area contributed by atoms with Crippen LogP contribution in [0.3, 0.4) is 0 Å². The van der Waals surface area contributed by atoms with Crippen molar-refractivity contribution in [1.29, 1.82) is 0 Å². The highest BCUT2D eigenvalue weighted by atomic mass is 35.5. The lowest BCUT2D eigenvalue weighted by Crippen LogP contribution is -2.32. The van der Waals surface area contributed by atoms with Gasteiger partial charge in [0.1, 0.15) is 11.5 Å². The normalized spacial score (nSPS) is 14.8. The summed E-state index contributed by atoms with van der Waals surface area (Å²) in [5.74, 6) is -1.27. The van der Waals surface area contributed by atoms with E-state index in [9.17, 15) is 14.0 Å². The van der Waals surface area contributed by atoms with Gasteiger partial charge < -0.3 is 5.32 Å². The Balaban J connectivity index is 2.09. The van der Waals surface area contributed by atoms with Crippen LogP contribution in [-0.2, 0) is 9.59 Å². The lowest BCUT2D eigenvalue weighted by Gasteiger charge is -2.12. The van der Waals surface area contributed by atoms with Gasteiger partial charge in [0.05, 0.1) is 0 Å². The Kier molecular flexibility index (Phi) is 3.57. The molecule has 0 spiro atoms. The summed E-state index contributed by atoms with van der Waals surface area (Å²) in [6.45, 7) is 0. The molecule has 0 bridgehead atoms. The van der Waals surface area contributed by atoms with Crippen molar-refractivity contribution in [3.8, 4) is 0 Å². The van der Waals surface area contributed by atoms with Gasteiger partial charge in [0, 0.05) is 23.6 Å². The van der Waals surface area contributed by atoms with Crippen LogP contribution in [0.1, 0.15) is 12.8 Å². The van der Waals surface area contributed by atoms with Crippen molar-refractivity contribution in [1.82, 2.24) is 5.43 Å². The zero-order chi connectivity index (χ0) is 13.1. The number of hydrogen-bond donors (Lipinski definition) is 2. The average molecular weight is 270 g/mol. The molecular weight excluding hydrogens is 261 g/mol. The molecule has 0 saturated heterocycles. The number of anilines is 1. The molecule has 0 unspecified atom stereocenters. The van der Waals surface area contributed by atoms with Crippen molar-refractivity contribution in [2.75, 3.05) is 5.32 Å². The van der Waals surface area contributed by atoms with Gasteiger partial charge in [-0.2, -0.15) is 5.10 Å². The Morgan fingerprint density at radius 3 is 2.78 bits per heavy atom. The molecule has 2 rings (SSSR count). The fourth-order valence-electron chi connectivity index (χ4n) is 1.47. The summed E-state index contributed by atoms with van der Waals surface area (Å²) in [7, 11) is 0. The zero-order valence-electron chi connectivity index (χ0n) is 9.17. The molecule has 1 heterocycles. The zero-order valence-corrected chi connectivity index (χ0v) is 9.92. The average Bonchev–Trinajstić information content (AvgIpc) is 2.28. The first-order valence-corrected chi connectivity index (χ1v) is 5.55. The third-order valence-corrected chi connectivity index (χ3v) is 2.51. The topological polar surface area (TPSA) is 70.6 Å². The summed E-state index contributed by atoms with van der Waals surface area (Å²) in [6, 6.07) is 3.70. The van der Waals surface area contributed by atoms with Crippen LogP contribution in [-0.4, -0.2) is 17.5 Å². The third-order valence-electron chi connectivity index (χ3n) is 2.29. The fraction of sp³-hybridized carbons (Fsp3) is 0.182. The van der Waals surface area contributed by atoms with Gasteiger partial charge >= 0.3 is 0 Å². The summed E-state index contributed by atoms with van der Waals surface area (Å²) in [5, 5.41) is 6.28. The predicted octanol–water partition coefficient (Wildman–Crippen LogP) is 1.68. The molecule has 1 aromatic rings. The second kappa shape index (κ2) is 5.14. The lowest BCUT2D eigenvalue weighted by molar-refractivity contribution is -0.121. The number of halogens is 2. The van der Waals surface area contributed by atoms with E-state index in [2.05, 4.69) is 15.8 Å². The second-order valence-corrected chi connectivity index (χ2v) is 4.14. The maximum Gasteiger partial charge on any atom is 0.271 e. The predicted molar refractivity (Wildman–Crippen MR) is 64.9 cm³/mol. The van der Waals surface area contributed by atoms with Crippen LogP contribution >= 0.6 is 11.6 Å².